The number of aryl methyl sites for hydroxylation is 1. The molecule has 7 rings (SSSR count). The number of rotatable bonds is 4. The Morgan fingerprint density at radius 1 is 1.00 bits per heavy atom. The summed E-state index contributed by atoms with van der Waals surface area (Å²) in [6, 6.07) is 12.4. The Morgan fingerprint density at radius 2 is 1.91 bits per heavy atom. The molecule has 1 saturated heterocycles. The first-order chi connectivity index (χ1) is 17.1. The van der Waals surface area contributed by atoms with Crippen LogP contribution < -0.4 is 10.6 Å². The monoisotopic (exact) mass is 479 g/mol. The molecule has 4 N–H and O–H groups in total. The maximum Gasteiger partial charge on any atom is 0.147 e. The molecule has 0 saturated carbocycles. The van der Waals surface area contributed by atoms with E-state index < -0.39 is 0 Å². The predicted molar refractivity (Wildman–Crippen MR) is 138 cm³/mol. The fourth-order valence-corrected chi connectivity index (χ4v) is 5.38. The highest BCUT2D eigenvalue weighted by Crippen LogP contribution is 2.35. The molecule has 6 aromatic heterocycles. The van der Waals surface area contributed by atoms with Gasteiger partial charge in [-0.1, -0.05) is 0 Å². The van der Waals surface area contributed by atoms with Crippen LogP contribution in [0.25, 0.3) is 55.3 Å². The van der Waals surface area contributed by atoms with Gasteiger partial charge in [-0.3, -0.25) is 15.1 Å². The largest absolute Gasteiger partial charge is 0.353 e. The van der Waals surface area contributed by atoms with Crippen molar-refractivity contribution in [3.8, 4) is 33.3 Å². The number of thiophene rings is 1. The van der Waals surface area contributed by atoms with Crippen molar-refractivity contribution in [2.24, 2.45) is 5.73 Å². The number of aromatic nitrogens is 7. The van der Waals surface area contributed by atoms with Crippen LogP contribution in [0.1, 0.15) is 4.88 Å². The SMILES string of the molecule is Cc1ccc(-c2nccc3[nH]c(-c4n[nH]c5ccc(-c6cncc(N7CC(N)C7)n6)nc45)cc23)s1. The van der Waals surface area contributed by atoms with Gasteiger partial charge in [0.15, 0.2) is 0 Å². The van der Waals surface area contributed by atoms with Crippen LogP contribution in [0.3, 0.4) is 0 Å². The summed E-state index contributed by atoms with van der Waals surface area (Å²) in [5.74, 6) is 0.818. The molecule has 35 heavy (non-hydrogen) atoms. The number of H-pyrrole nitrogens is 2. The summed E-state index contributed by atoms with van der Waals surface area (Å²) in [5, 5.41) is 8.75. The number of fused-ring (bicyclic) bond motifs is 2. The first kappa shape index (κ1) is 20.2. The molecule has 10 heteroatoms. The lowest BCUT2D eigenvalue weighted by atomic mass is 10.1. The smallest absolute Gasteiger partial charge is 0.147 e. The van der Waals surface area contributed by atoms with Gasteiger partial charge in [0.05, 0.1) is 39.9 Å². The number of hydrogen-bond donors (Lipinski definition) is 3. The van der Waals surface area contributed by atoms with Crippen LogP contribution in [0.4, 0.5) is 5.82 Å². The molecule has 0 aromatic carbocycles. The lowest BCUT2D eigenvalue weighted by Crippen LogP contribution is -2.56. The van der Waals surface area contributed by atoms with Crippen molar-refractivity contribution in [1.29, 1.82) is 0 Å². The Balaban J connectivity index is 1.31. The Morgan fingerprint density at radius 3 is 2.74 bits per heavy atom. The van der Waals surface area contributed by atoms with Crippen molar-refractivity contribution in [3.63, 3.8) is 0 Å². The van der Waals surface area contributed by atoms with Gasteiger partial charge in [0.25, 0.3) is 0 Å². The summed E-state index contributed by atoms with van der Waals surface area (Å²) in [6.45, 7) is 3.69. The maximum atomic E-state index is 5.93. The van der Waals surface area contributed by atoms with Crippen LogP contribution in [0.15, 0.2) is 55.0 Å². The standard InChI is InChI=1S/C25H21N9S/c1-13-2-5-21(35-13)23-15-8-19(29-16(15)6-7-28-23)25-24-18(32-33-25)4-3-17(31-24)20-9-27-10-22(30-20)34-11-14(26)12-34/h2-10,14,29H,11-12,26H2,1H3,(H,32,33). The first-order valence-corrected chi connectivity index (χ1v) is 12.2. The van der Waals surface area contributed by atoms with Gasteiger partial charge in [-0.2, -0.15) is 5.10 Å². The van der Waals surface area contributed by atoms with Crippen molar-refractivity contribution >= 4 is 39.1 Å². The van der Waals surface area contributed by atoms with Crippen LogP contribution >= 0.6 is 11.3 Å². The van der Waals surface area contributed by atoms with Gasteiger partial charge in [-0.25, -0.2) is 9.97 Å². The van der Waals surface area contributed by atoms with Crippen LogP contribution in [0, 0.1) is 6.92 Å². The predicted octanol–water partition coefficient (Wildman–Crippen LogP) is 4.14. The average Bonchev–Trinajstić information content (AvgIpc) is 3.59. The van der Waals surface area contributed by atoms with E-state index in [1.807, 2.05) is 24.4 Å². The van der Waals surface area contributed by atoms with Crippen molar-refractivity contribution in [1.82, 2.24) is 35.1 Å². The van der Waals surface area contributed by atoms with Crippen LogP contribution in [0.2, 0.25) is 0 Å². The third kappa shape index (κ3) is 3.37. The van der Waals surface area contributed by atoms with E-state index in [4.69, 9.17) is 15.7 Å². The average molecular weight is 480 g/mol. The molecule has 1 aliphatic rings. The van der Waals surface area contributed by atoms with E-state index in [-0.39, 0.29) is 6.04 Å². The molecule has 1 fully saturated rings. The van der Waals surface area contributed by atoms with Crippen molar-refractivity contribution in [2.45, 2.75) is 13.0 Å². The van der Waals surface area contributed by atoms with E-state index in [1.54, 1.807) is 23.7 Å². The summed E-state index contributed by atoms with van der Waals surface area (Å²) in [4.78, 5) is 26.8. The normalized spacial score (nSPS) is 14.2. The number of nitrogens with two attached hydrogens (primary N) is 1. The lowest BCUT2D eigenvalue weighted by molar-refractivity contribution is 0.514. The highest BCUT2D eigenvalue weighted by Gasteiger charge is 2.25. The summed E-state index contributed by atoms with van der Waals surface area (Å²) in [7, 11) is 0. The quantitative estimate of drug-likeness (QED) is 0.347. The molecule has 0 radical (unpaired) electrons. The molecular formula is C25H21N9S. The topological polar surface area (TPSA) is 125 Å². The molecule has 0 aliphatic carbocycles. The number of anilines is 1. The summed E-state index contributed by atoms with van der Waals surface area (Å²) >= 11 is 1.74. The van der Waals surface area contributed by atoms with Crippen molar-refractivity contribution in [3.05, 3.63) is 59.9 Å². The summed E-state index contributed by atoms with van der Waals surface area (Å²) < 4.78 is 0. The Bertz CT molecular complexity index is 1710. The Kier molecular flexibility index (Phi) is 4.45. The first-order valence-electron chi connectivity index (χ1n) is 11.4. The third-order valence-corrected chi connectivity index (χ3v) is 7.31. The van der Waals surface area contributed by atoms with Gasteiger partial charge in [-0.15, -0.1) is 11.3 Å². The van der Waals surface area contributed by atoms with E-state index in [9.17, 15) is 0 Å². The number of pyridine rings is 2. The third-order valence-electron chi connectivity index (χ3n) is 6.30. The number of nitrogens with one attached hydrogen (secondary N) is 2. The zero-order valence-corrected chi connectivity index (χ0v) is 19.7. The minimum Gasteiger partial charge on any atom is -0.353 e. The number of nitrogens with zero attached hydrogens (tertiary/aromatic N) is 6. The molecule has 9 nitrogen and oxygen atoms in total. The van der Waals surface area contributed by atoms with Gasteiger partial charge < -0.3 is 15.6 Å². The fourth-order valence-electron chi connectivity index (χ4n) is 4.50. The maximum absolute atomic E-state index is 5.93. The molecular weight excluding hydrogens is 458 g/mol. The van der Waals surface area contributed by atoms with Crippen molar-refractivity contribution in [2.75, 3.05) is 18.0 Å². The fraction of sp³-hybridized carbons (Fsp3) is 0.160. The molecule has 0 unspecified atom stereocenters. The second kappa shape index (κ2) is 7.69. The zero-order chi connectivity index (χ0) is 23.5. The number of aromatic amines is 2. The molecule has 172 valence electrons. The second-order valence-electron chi connectivity index (χ2n) is 8.81. The molecule has 0 amide bonds. The Labute approximate surface area is 204 Å². The van der Waals surface area contributed by atoms with Gasteiger partial charge >= 0.3 is 0 Å². The van der Waals surface area contributed by atoms with Crippen LogP contribution in [-0.4, -0.2) is 54.2 Å². The molecule has 0 bridgehead atoms. The summed E-state index contributed by atoms with van der Waals surface area (Å²) in [6.07, 6.45) is 5.34. The van der Waals surface area contributed by atoms with Gasteiger partial charge in [0.2, 0.25) is 0 Å². The zero-order valence-electron chi connectivity index (χ0n) is 18.9. The molecule has 0 atom stereocenters. The highest BCUT2D eigenvalue weighted by molar-refractivity contribution is 7.15. The molecule has 6 aromatic rings. The lowest BCUT2D eigenvalue weighted by Gasteiger charge is -2.37. The molecule has 0 spiro atoms. The summed E-state index contributed by atoms with van der Waals surface area (Å²) in [5.41, 5.74) is 12.6. The minimum absolute atomic E-state index is 0.194. The van der Waals surface area contributed by atoms with E-state index >= 15 is 0 Å². The van der Waals surface area contributed by atoms with Gasteiger partial charge in [0, 0.05) is 41.1 Å². The van der Waals surface area contributed by atoms with E-state index in [1.165, 1.54) is 4.88 Å². The Hall–Kier alpha value is -4.15. The van der Waals surface area contributed by atoms with E-state index in [2.05, 4.69) is 55.2 Å². The second-order valence-corrected chi connectivity index (χ2v) is 10.1. The minimum atomic E-state index is 0.194. The molecule has 1 aliphatic heterocycles. The van der Waals surface area contributed by atoms with Crippen LogP contribution in [0.5, 0.6) is 0 Å². The highest BCUT2D eigenvalue weighted by atomic mass is 32.1. The molecule has 7 heterocycles. The van der Waals surface area contributed by atoms with Gasteiger partial charge in [0.1, 0.15) is 22.7 Å². The van der Waals surface area contributed by atoms with Crippen LogP contribution in [-0.2, 0) is 0 Å². The van der Waals surface area contributed by atoms with E-state index in [0.717, 1.165) is 68.5 Å². The van der Waals surface area contributed by atoms with Gasteiger partial charge in [-0.05, 0) is 43.3 Å². The number of hydrogen-bond acceptors (Lipinski definition) is 8. The van der Waals surface area contributed by atoms with Crippen molar-refractivity contribution < 1.29 is 0 Å². The van der Waals surface area contributed by atoms with E-state index in [0.29, 0.717) is 5.69 Å².